The lowest BCUT2D eigenvalue weighted by Crippen LogP contribution is -2.44. The van der Waals surface area contributed by atoms with E-state index < -0.39 is 9.84 Å². The van der Waals surface area contributed by atoms with Crippen molar-refractivity contribution in [2.45, 2.75) is 36.7 Å². The number of amides is 1. The molecule has 24 heavy (non-hydrogen) atoms. The van der Waals surface area contributed by atoms with Crippen LogP contribution in [-0.2, 0) is 14.6 Å². The molecule has 1 saturated heterocycles. The molecular formula is C16H21N3O3S2. The maximum Gasteiger partial charge on any atom is 0.236 e. The van der Waals surface area contributed by atoms with Crippen LogP contribution >= 0.6 is 11.8 Å². The van der Waals surface area contributed by atoms with E-state index in [1.165, 1.54) is 11.8 Å². The third-order valence-electron chi connectivity index (χ3n) is 4.31. The predicted octanol–water partition coefficient (Wildman–Crippen LogP) is 1.85. The van der Waals surface area contributed by atoms with E-state index in [1.54, 1.807) is 11.1 Å². The molecule has 0 aromatic carbocycles. The van der Waals surface area contributed by atoms with Crippen molar-refractivity contribution in [2.75, 3.05) is 18.1 Å². The summed E-state index contributed by atoms with van der Waals surface area (Å²) in [6.45, 7) is 4.26. The van der Waals surface area contributed by atoms with Gasteiger partial charge in [-0.25, -0.2) is 13.4 Å². The van der Waals surface area contributed by atoms with Crippen molar-refractivity contribution in [3.63, 3.8) is 0 Å². The molecule has 1 aliphatic rings. The Morgan fingerprint density at radius 1 is 1.50 bits per heavy atom. The first-order valence-corrected chi connectivity index (χ1v) is 10.7. The molecule has 0 N–H and O–H groups in total. The first-order valence-electron chi connectivity index (χ1n) is 8.01. The second kappa shape index (κ2) is 6.76. The second-order valence-electron chi connectivity index (χ2n) is 5.98. The van der Waals surface area contributed by atoms with Gasteiger partial charge in [-0.3, -0.25) is 9.20 Å². The van der Waals surface area contributed by atoms with Crippen molar-refractivity contribution >= 4 is 33.0 Å². The molecule has 6 nitrogen and oxygen atoms in total. The number of pyridine rings is 1. The summed E-state index contributed by atoms with van der Waals surface area (Å²) in [5.74, 6) is 0.224. The van der Waals surface area contributed by atoms with Crippen LogP contribution in [0.5, 0.6) is 0 Å². The molecule has 3 heterocycles. The number of imidazole rings is 1. The molecule has 8 heteroatoms. The average Bonchev–Trinajstić information content (AvgIpc) is 3.12. The number of nitrogens with zero attached hydrogens (tertiary/aromatic N) is 3. The van der Waals surface area contributed by atoms with Crippen LogP contribution < -0.4 is 0 Å². The van der Waals surface area contributed by atoms with Gasteiger partial charge in [0.25, 0.3) is 0 Å². The number of hydrogen-bond acceptors (Lipinski definition) is 5. The van der Waals surface area contributed by atoms with Gasteiger partial charge in [0.15, 0.2) is 15.0 Å². The smallest absolute Gasteiger partial charge is 0.236 e. The van der Waals surface area contributed by atoms with Gasteiger partial charge in [0.2, 0.25) is 5.91 Å². The molecule has 0 spiro atoms. The van der Waals surface area contributed by atoms with Gasteiger partial charge in [-0.1, -0.05) is 17.8 Å². The van der Waals surface area contributed by atoms with Crippen molar-refractivity contribution in [1.82, 2.24) is 14.3 Å². The highest BCUT2D eigenvalue weighted by Crippen LogP contribution is 2.26. The number of fused-ring (bicyclic) bond motifs is 1. The molecule has 2 aromatic heterocycles. The van der Waals surface area contributed by atoms with Crippen LogP contribution in [0.3, 0.4) is 0 Å². The lowest BCUT2D eigenvalue weighted by atomic mass is 10.2. The van der Waals surface area contributed by atoms with Crippen molar-refractivity contribution in [1.29, 1.82) is 0 Å². The number of thioether (sulfide) groups is 1. The van der Waals surface area contributed by atoms with Gasteiger partial charge in [-0.15, -0.1) is 0 Å². The fourth-order valence-corrected chi connectivity index (χ4v) is 5.74. The van der Waals surface area contributed by atoms with Gasteiger partial charge in [-0.05, 0) is 32.4 Å². The van der Waals surface area contributed by atoms with E-state index in [9.17, 15) is 13.2 Å². The Hall–Kier alpha value is -1.54. The predicted molar refractivity (Wildman–Crippen MR) is 95.0 cm³/mol. The van der Waals surface area contributed by atoms with E-state index in [0.717, 1.165) is 10.7 Å². The zero-order chi connectivity index (χ0) is 17.3. The van der Waals surface area contributed by atoms with E-state index in [-0.39, 0.29) is 28.7 Å². The second-order valence-corrected chi connectivity index (χ2v) is 9.51. The van der Waals surface area contributed by atoms with Gasteiger partial charge in [0.1, 0.15) is 0 Å². The van der Waals surface area contributed by atoms with Crippen LogP contribution in [0.1, 0.15) is 20.3 Å². The van der Waals surface area contributed by atoms with E-state index in [0.29, 0.717) is 13.0 Å². The van der Waals surface area contributed by atoms with Gasteiger partial charge in [0, 0.05) is 18.8 Å². The quantitative estimate of drug-likeness (QED) is 0.754. The minimum atomic E-state index is -3.01. The van der Waals surface area contributed by atoms with E-state index >= 15 is 0 Å². The fraction of sp³-hybridized carbons (Fsp3) is 0.500. The molecule has 0 aliphatic carbocycles. The lowest BCUT2D eigenvalue weighted by Gasteiger charge is -2.29. The lowest BCUT2D eigenvalue weighted by molar-refractivity contribution is -0.131. The van der Waals surface area contributed by atoms with Gasteiger partial charge < -0.3 is 4.90 Å². The third kappa shape index (κ3) is 3.44. The zero-order valence-corrected chi connectivity index (χ0v) is 15.4. The Kier molecular flexibility index (Phi) is 4.87. The molecule has 2 atom stereocenters. The normalized spacial score (nSPS) is 21.0. The Morgan fingerprint density at radius 2 is 2.29 bits per heavy atom. The molecule has 0 unspecified atom stereocenters. The number of hydrogen-bond donors (Lipinski definition) is 0. The van der Waals surface area contributed by atoms with E-state index in [1.807, 2.05) is 42.6 Å². The van der Waals surface area contributed by atoms with E-state index in [4.69, 9.17) is 0 Å². The molecule has 0 radical (unpaired) electrons. The topological polar surface area (TPSA) is 71.8 Å². The monoisotopic (exact) mass is 367 g/mol. The Labute approximate surface area is 146 Å². The minimum Gasteiger partial charge on any atom is -0.338 e. The molecule has 2 aromatic rings. The highest BCUT2D eigenvalue weighted by Gasteiger charge is 2.35. The molecule has 1 fully saturated rings. The summed E-state index contributed by atoms with van der Waals surface area (Å²) in [7, 11) is -3.01. The van der Waals surface area contributed by atoms with Gasteiger partial charge >= 0.3 is 0 Å². The summed E-state index contributed by atoms with van der Waals surface area (Å²) in [6.07, 6.45) is 4.23. The largest absolute Gasteiger partial charge is 0.338 e. The van der Waals surface area contributed by atoms with Crippen LogP contribution in [-0.4, -0.2) is 58.0 Å². The number of aromatic nitrogens is 2. The van der Waals surface area contributed by atoms with Crippen LogP contribution in [0, 0.1) is 0 Å². The highest BCUT2D eigenvalue weighted by molar-refractivity contribution is 8.00. The third-order valence-corrected chi connectivity index (χ3v) is 7.13. The Balaban J connectivity index is 1.73. The fourth-order valence-electron chi connectivity index (χ4n) is 3.06. The summed E-state index contributed by atoms with van der Waals surface area (Å²) in [4.78, 5) is 18.9. The Morgan fingerprint density at radius 3 is 2.96 bits per heavy atom. The van der Waals surface area contributed by atoms with Crippen molar-refractivity contribution in [3.05, 3.63) is 30.6 Å². The first-order chi connectivity index (χ1) is 11.4. The van der Waals surface area contributed by atoms with Crippen LogP contribution in [0.25, 0.3) is 5.52 Å². The standard InChI is InChI=1S/C16H21N3O3S2/c1-3-18(14-7-9-24(21,22)11-14)15(20)12(2)23-16-17-10-13-6-4-5-8-19(13)16/h4-6,8,10,12,14H,3,7,9,11H2,1-2H3/t12-,14-/m1/s1. The number of sulfone groups is 1. The van der Waals surface area contributed by atoms with Crippen LogP contribution in [0.2, 0.25) is 0 Å². The SMILES string of the molecule is CCN(C(=O)[C@@H](C)Sc1ncc2ccccn12)[C@@H]1CCS(=O)(=O)C1. The highest BCUT2D eigenvalue weighted by atomic mass is 32.2. The Bertz CT molecular complexity index is 847. The molecule has 1 aliphatic heterocycles. The number of carbonyl (C=O) groups excluding carboxylic acids is 1. The average molecular weight is 367 g/mol. The van der Waals surface area contributed by atoms with Crippen LogP contribution in [0.4, 0.5) is 0 Å². The maximum atomic E-state index is 12.8. The molecule has 0 saturated carbocycles. The zero-order valence-electron chi connectivity index (χ0n) is 13.8. The van der Waals surface area contributed by atoms with Crippen molar-refractivity contribution in [3.8, 4) is 0 Å². The molecule has 0 bridgehead atoms. The summed E-state index contributed by atoms with van der Waals surface area (Å²) in [5, 5.41) is 0.445. The van der Waals surface area contributed by atoms with Crippen molar-refractivity contribution < 1.29 is 13.2 Å². The molecule has 3 rings (SSSR count). The van der Waals surface area contributed by atoms with Gasteiger partial charge in [0.05, 0.1) is 28.5 Å². The van der Waals surface area contributed by atoms with Crippen LogP contribution in [0.15, 0.2) is 35.7 Å². The van der Waals surface area contributed by atoms with E-state index in [2.05, 4.69) is 4.98 Å². The number of carbonyl (C=O) groups is 1. The first kappa shape index (κ1) is 17.3. The molecule has 130 valence electrons. The van der Waals surface area contributed by atoms with Gasteiger partial charge in [-0.2, -0.15) is 0 Å². The maximum absolute atomic E-state index is 12.8. The number of rotatable bonds is 5. The molecular weight excluding hydrogens is 346 g/mol. The summed E-state index contributed by atoms with van der Waals surface area (Å²) in [6, 6.07) is 5.63. The summed E-state index contributed by atoms with van der Waals surface area (Å²) in [5.41, 5.74) is 0.980. The summed E-state index contributed by atoms with van der Waals surface area (Å²) >= 11 is 1.40. The molecule has 1 amide bonds. The minimum absolute atomic E-state index is 0.0303. The summed E-state index contributed by atoms with van der Waals surface area (Å²) < 4.78 is 25.3. The van der Waals surface area contributed by atoms with Crippen molar-refractivity contribution in [2.24, 2.45) is 0 Å².